The Labute approximate surface area is 220 Å². The van der Waals surface area contributed by atoms with Crippen LogP contribution in [-0.4, -0.2) is 23.2 Å². The minimum atomic E-state index is -4.41. The molecule has 1 heterocycles. The number of halogens is 3. The number of aliphatic carboxylic acids is 1. The Morgan fingerprint density at radius 3 is 2.50 bits per heavy atom. The number of carboxylic acid groups (broad SMARTS) is 1. The zero-order chi connectivity index (χ0) is 27.7. The van der Waals surface area contributed by atoms with E-state index in [2.05, 4.69) is 13.5 Å². The van der Waals surface area contributed by atoms with Crippen LogP contribution in [0.15, 0.2) is 73.3 Å². The second-order valence-electron chi connectivity index (χ2n) is 8.65. The van der Waals surface area contributed by atoms with E-state index >= 15 is 0 Å². The SMILES string of the molecule is C=CCc1cc(/C=C/C(=O)O)cc(OC)c1OC(CCCC)c1cccc(-c2ccc(C(F)(F)F)cc2)n1. The van der Waals surface area contributed by atoms with Gasteiger partial charge in [0.25, 0.3) is 0 Å². The fraction of sp³-hybridized carbons (Fsp3) is 0.267. The molecule has 5 nitrogen and oxygen atoms in total. The number of pyridine rings is 1. The summed E-state index contributed by atoms with van der Waals surface area (Å²) in [6, 6.07) is 13.8. The van der Waals surface area contributed by atoms with Crippen molar-refractivity contribution in [2.24, 2.45) is 0 Å². The van der Waals surface area contributed by atoms with E-state index in [0.29, 0.717) is 46.9 Å². The highest BCUT2D eigenvalue weighted by Gasteiger charge is 2.30. The molecular weight excluding hydrogens is 495 g/mol. The number of unbranched alkanes of at least 4 members (excludes halogenated alkanes) is 1. The van der Waals surface area contributed by atoms with Crippen LogP contribution in [0, 0.1) is 0 Å². The van der Waals surface area contributed by atoms with Gasteiger partial charge in [-0.1, -0.05) is 37.6 Å². The van der Waals surface area contributed by atoms with Gasteiger partial charge in [-0.15, -0.1) is 6.58 Å². The Bertz CT molecular complexity index is 1280. The first-order valence-corrected chi connectivity index (χ1v) is 12.2. The van der Waals surface area contributed by atoms with Gasteiger partial charge >= 0.3 is 12.1 Å². The first-order chi connectivity index (χ1) is 18.2. The van der Waals surface area contributed by atoms with Crippen LogP contribution in [-0.2, 0) is 17.4 Å². The van der Waals surface area contributed by atoms with E-state index in [-0.39, 0.29) is 0 Å². The molecule has 1 unspecified atom stereocenters. The first kappa shape index (κ1) is 28.5. The molecule has 38 heavy (non-hydrogen) atoms. The summed E-state index contributed by atoms with van der Waals surface area (Å²) in [7, 11) is 1.51. The van der Waals surface area contributed by atoms with Crippen molar-refractivity contribution in [1.82, 2.24) is 4.98 Å². The van der Waals surface area contributed by atoms with E-state index in [1.165, 1.54) is 25.3 Å². The van der Waals surface area contributed by atoms with Crippen LogP contribution >= 0.6 is 0 Å². The third-order valence-electron chi connectivity index (χ3n) is 5.85. The Kier molecular flexibility index (Phi) is 9.71. The van der Waals surface area contributed by atoms with Crippen molar-refractivity contribution in [3.63, 3.8) is 0 Å². The third-order valence-corrected chi connectivity index (χ3v) is 5.85. The molecule has 3 aromatic rings. The number of allylic oxidation sites excluding steroid dienone is 1. The molecule has 0 bridgehead atoms. The second-order valence-corrected chi connectivity index (χ2v) is 8.65. The highest BCUT2D eigenvalue weighted by atomic mass is 19.4. The molecule has 0 amide bonds. The second kappa shape index (κ2) is 12.9. The van der Waals surface area contributed by atoms with E-state index in [9.17, 15) is 18.0 Å². The molecule has 3 rings (SSSR count). The molecule has 0 aliphatic rings. The molecular formula is C30H30F3NO4. The Balaban J connectivity index is 2.00. The van der Waals surface area contributed by atoms with Crippen molar-refractivity contribution < 1.29 is 32.5 Å². The number of benzene rings is 2. The number of ether oxygens (including phenoxy) is 2. The molecule has 0 saturated carbocycles. The van der Waals surface area contributed by atoms with Gasteiger partial charge in [0.05, 0.1) is 24.1 Å². The van der Waals surface area contributed by atoms with Gasteiger partial charge in [-0.3, -0.25) is 0 Å². The number of carboxylic acids is 1. The number of aromatic nitrogens is 1. The quantitative estimate of drug-likeness (QED) is 0.192. The maximum Gasteiger partial charge on any atom is 0.416 e. The molecule has 0 spiro atoms. The average Bonchev–Trinajstić information content (AvgIpc) is 2.90. The Morgan fingerprint density at radius 1 is 1.16 bits per heavy atom. The molecule has 0 aliphatic heterocycles. The standard InChI is InChI=1S/C30H30F3NO4/c1-4-6-11-26(25-10-7-9-24(34-25)21-13-15-23(16-14-21)30(31,32)33)38-29-22(8-5-2)18-20(12-17-28(35)36)19-27(29)37-3/h5,7,9-10,12-19,26H,2,4,6,8,11H2,1,3H3,(H,35,36)/b17-12+. The maximum atomic E-state index is 13.0. The lowest BCUT2D eigenvalue weighted by Gasteiger charge is -2.23. The van der Waals surface area contributed by atoms with Crippen molar-refractivity contribution >= 4 is 12.0 Å². The number of nitrogens with zero attached hydrogens (tertiary/aromatic N) is 1. The normalized spacial score (nSPS) is 12.3. The van der Waals surface area contributed by atoms with Crippen LogP contribution in [0.25, 0.3) is 17.3 Å². The molecule has 2 aromatic carbocycles. The summed E-state index contributed by atoms with van der Waals surface area (Å²) in [5, 5.41) is 8.99. The monoisotopic (exact) mass is 525 g/mol. The van der Waals surface area contributed by atoms with Gasteiger partial charge in [0.15, 0.2) is 11.5 Å². The lowest BCUT2D eigenvalue weighted by molar-refractivity contribution is -0.137. The van der Waals surface area contributed by atoms with E-state index in [1.54, 1.807) is 24.3 Å². The summed E-state index contributed by atoms with van der Waals surface area (Å²) in [6.45, 7) is 5.88. The summed E-state index contributed by atoms with van der Waals surface area (Å²) >= 11 is 0. The molecule has 1 N–H and O–H groups in total. The molecule has 0 radical (unpaired) electrons. The highest BCUT2D eigenvalue weighted by molar-refractivity contribution is 5.85. The van der Waals surface area contributed by atoms with Crippen LogP contribution in [0.5, 0.6) is 11.5 Å². The van der Waals surface area contributed by atoms with Gasteiger partial charge in [0.2, 0.25) is 0 Å². The lowest BCUT2D eigenvalue weighted by Crippen LogP contribution is -2.12. The number of alkyl halides is 3. The first-order valence-electron chi connectivity index (χ1n) is 12.2. The maximum absolute atomic E-state index is 13.0. The predicted molar refractivity (Wildman–Crippen MR) is 141 cm³/mol. The Morgan fingerprint density at radius 2 is 1.89 bits per heavy atom. The summed E-state index contributed by atoms with van der Waals surface area (Å²) in [5.41, 5.74) is 2.43. The number of carbonyl (C=O) groups is 1. The van der Waals surface area contributed by atoms with Crippen LogP contribution in [0.4, 0.5) is 13.2 Å². The fourth-order valence-corrected chi connectivity index (χ4v) is 3.96. The van der Waals surface area contributed by atoms with Crippen LogP contribution in [0.3, 0.4) is 0 Å². The van der Waals surface area contributed by atoms with Gasteiger partial charge in [0, 0.05) is 17.2 Å². The van der Waals surface area contributed by atoms with Gasteiger partial charge < -0.3 is 14.6 Å². The summed E-state index contributed by atoms with van der Waals surface area (Å²) in [6.07, 6.45) is 2.27. The molecule has 8 heteroatoms. The van der Waals surface area contributed by atoms with Crippen molar-refractivity contribution in [2.75, 3.05) is 7.11 Å². The van der Waals surface area contributed by atoms with Crippen molar-refractivity contribution in [2.45, 2.75) is 44.9 Å². The smallest absolute Gasteiger partial charge is 0.416 e. The zero-order valence-corrected chi connectivity index (χ0v) is 21.3. The van der Waals surface area contributed by atoms with Crippen molar-refractivity contribution in [1.29, 1.82) is 0 Å². The average molecular weight is 526 g/mol. The van der Waals surface area contributed by atoms with E-state index in [4.69, 9.17) is 19.6 Å². The fourth-order valence-electron chi connectivity index (χ4n) is 3.96. The number of methoxy groups -OCH3 is 1. The molecule has 0 aliphatic carbocycles. The number of hydrogen-bond donors (Lipinski definition) is 1. The van der Waals surface area contributed by atoms with Crippen LogP contribution < -0.4 is 9.47 Å². The van der Waals surface area contributed by atoms with E-state index in [1.807, 2.05) is 12.1 Å². The molecule has 1 aromatic heterocycles. The summed E-state index contributed by atoms with van der Waals surface area (Å²) in [4.78, 5) is 15.7. The number of hydrogen-bond acceptors (Lipinski definition) is 4. The number of rotatable bonds is 12. The lowest BCUT2D eigenvalue weighted by atomic mass is 10.0. The largest absolute Gasteiger partial charge is 0.493 e. The summed E-state index contributed by atoms with van der Waals surface area (Å²) in [5.74, 6) is -0.120. The topological polar surface area (TPSA) is 68.7 Å². The van der Waals surface area contributed by atoms with Gasteiger partial charge in [-0.05, 0) is 67.3 Å². The molecule has 0 fully saturated rings. The third kappa shape index (κ3) is 7.47. The Hall–Kier alpha value is -4.07. The van der Waals surface area contributed by atoms with Crippen molar-refractivity contribution in [3.05, 3.63) is 95.7 Å². The summed E-state index contributed by atoms with van der Waals surface area (Å²) < 4.78 is 51.1. The van der Waals surface area contributed by atoms with Gasteiger partial charge in [-0.2, -0.15) is 13.2 Å². The molecule has 0 saturated heterocycles. The van der Waals surface area contributed by atoms with E-state index in [0.717, 1.165) is 36.6 Å². The molecule has 1 atom stereocenters. The highest BCUT2D eigenvalue weighted by Crippen LogP contribution is 2.38. The van der Waals surface area contributed by atoms with Crippen LogP contribution in [0.2, 0.25) is 0 Å². The van der Waals surface area contributed by atoms with Crippen molar-refractivity contribution in [3.8, 4) is 22.8 Å². The van der Waals surface area contributed by atoms with Crippen LogP contribution in [0.1, 0.15) is 54.7 Å². The molecule has 200 valence electrons. The minimum absolute atomic E-state index is 0.440. The minimum Gasteiger partial charge on any atom is -0.493 e. The van der Waals surface area contributed by atoms with E-state index < -0.39 is 23.8 Å². The van der Waals surface area contributed by atoms with Gasteiger partial charge in [-0.25, -0.2) is 9.78 Å². The predicted octanol–water partition coefficient (Wildman–Crippen LogP) is 7.91. The zero-order valence-electron chi connectivity index (χ0n) is 21.3. The van der Waals surface area contributed by atoms with Gasteiger partial charge in [0.1, 0.15) is 6.10 Å².